The van der Waals surface area contributed by atoms with Crippen LogP contribution in [0.3, 0.4) is 0 Å². The summed E-state index contributed by atoms with van der Waals surface area (Å²) in [6.07, 6.45) is 0. The predicted molar refractivity (Wildman–Crippen MR) is 229 cm³/mol. The Labute approximate surface area is 317 Å². The third kappa shape index (κ3) is 5.20. The second-order valence-corrected chi connectivity index (χ2v) is 14.1. The Bertz CT molecular complexity index is 3220. The van der Waals surface area contributed by atoms with Gasteiger partial charge >= 0.3 is 0 Å². The Morgan fingerprint density at radius 3 is 1.84 bits per heavy atom. The first-order chi connectivity index (χ1) is 27.3. The monoisotopic (exact) mass is 703 g/mol. The molecule has 0 saturated heterocycles. The average molecular weight is 704 g/mol. The van der Waals surface area contributed by atoms with Crippen LogP contribution in [0.15, 0.2) is 209 Å². The van der Waals surface area contributed by atoms with Crippen LogP contribution in [-0.2, 0) is 0 Å². The first kappa shape index (κ1) is 31.2. The van der Waals surface area contributed by atoms with Gasteiger partial charge in [0.05, 0.1) is 5.69 Å². The Morgan fingerprint density at radius 2 is 0.945 bits per heavy atom. The standard InChI is InChI=1S/C52H33NO2/c1-2-13-36-32-38(27-26-34(36)12-1)37-14-9-15-40(33-37)53(39-30-28-35(29-31-39)41-19-10-21-45-43-17-4-7-23-48(43)55-52(41)45)47-22-6-3-16-42(47)44-20-11-25-50-51(44)46-18-5-8-24-49(46)54-50/h1-33H. The predicted octanol–water partition coefficient (Wildman–Crippen LogP) is 15.1. The minimum absolute atomic E-state index is 0.877. The number of fused-ring (bicyclic) bond motifs is 7. The maximum Gasteiger partial charge on any atom is 0.143 e. The lowest BCUT2D eigenvalue weighted by molar-refractivity contribution is 0.669. The molecule has 11 aromatic rings. The molecule has 0 spiro atoms. The zero-order chi connectivity index (χ0) is 36.3. The number of nitrogens with zero attached hydrogens (tertiary/aromatic N) is 1. The number of rotatable bonds is 6. The molecule has 0 aliphatic rings. The summed E-state index contributed by atoms with van der Waals surface area (Å²) >= 11 is 0. The highest BCUT2D eigenvalue weighted by molar-refractivity contribution is 6.14. The molecule has 55 heavy (non-hydrogen) atoms. The van der Waals surface area contributed by atoms with Crippen molar-refractivity contribution < 1.29 is 8.83 Å². The van der Waals surface area contributed by atoms with Gasteiger partial charge in [-0.25, -0.2) is 0 Å². The molecule has 9 aromatic carbocycles. The first-order valence-electron chi connectivity index (χ1n) is 18.7. The van der Waals surface area contributed by atoms with Crippen LogP contribution < -0.4 is 4.90 Å². The van der Waals surface area contributed by atoms with Gasteiger partial charge in [-0.3, -0.25) is 0 Å². The van der Waals surface area contributed by atoms with Gasteiger partial charge in [-0.05, 0) is 87.6 Å². The van der Waals surface area contributed by atoms with Gasteiger partial charge in [0.2, 0.25) is 0 Å². The summed E-state index contributed by atoms with van der Waals surface area (Å²) in [5.74, 6) is 0. The Balaban J connectivity index is 1.10. The van der Waals surface area contributed by atoms with Crippen LogP contribution in [0, 0.1) is 0 Å². The van der Waals surface area contributed by atoms with Gasteiger partial charge in [0.15, 0.2) is 0 Å². The van der Waals surface area contributed by atoms with E-state index in [1.165, 1.54) is 16.3 Å². The molecule has 11 rings (SSSR count). The summed E-state index contributed by atoms with van der Waals surface area (Å²) in [4.78, 5) is 2.38. The van der Waals surface area contributed by atoms with E-state index >= 15 is 0 Å². The molecule has 0 radical (unpaired) electrons. The highest BCUT2D eigenvalue weighted by Gasteiger charge is 2.21. The zero-order valence-electron chi connectivity index (χ0n) is 29.8. The molecule has 0 N–H and O–H groups in total. The van der Waals surface area contributed by atoms with E-state index in [9.17, 15) is 0 Å². The van der Waals surface area contributed by atoms with E-state index in [1.807, 2.05) is 24.3 Å². The summed E-state index contributed by atoms with van der Waals surface area (Å²) in [5, 5.41) is 6.94. The summed E-state index contributed by atoms with van der Waals surface area (Å²) < 4.78 is 12.8. The number of hydrogen-bond donors (Lipinski definition) is 0. The van der Waals surface area contributed by atoms with Crippen molar-refractivity contribution in [2.75, 3.05) is 4.90 Å². The summed E-state index contributed by atoms with van der Waals surface area (Å²) in [6, 6.07) is 71.0. The van der Waals surface area contributed by atoms with Gasteiger partial charge < -0.3 is 13.7 Å². The normalized spacial score (nSPS) is 11.6. The van der Waals surface area contributed by atoms with E-state index in [4.69, 9.17) is 8.83 Å². The van der Waals surface area contributed by atoms with Crippen molar-refractivity contribution in [2.45, 2.75) is 0 Å². The summed E-state index contributed by atoms with van der Waals surface area (Å²) in [6.45, 7) is 0. The quantitative estimate of drug-likeness (QED) is 0.173. The SMILES string of the molecule is c1cc(-c2ccc3ccccc3c2)cc(N(c2ccc(-c3cccc4c3oc3ccccc34)cc2)c2ccccc2-c2cccc3oc4ccccc4c23)c1. The average Bonchev–Trinajstić information content (AvgIpc) is 3.83. The van der Waals surface area contributed by atoms with Crippen molar-refractivity contribution in [2.24, 2.45) is 0 Å². The number of para-hydroxylation sites is 4. The molecule has 0 saturated carbocycles. The molecule has 0 atom stereocenters. The van der Waals surface area contributed by atoms with Gasteiger partial charge in [0, 0.05) is 44.0 Å². The second kappa shape index (κ2) is 12.6. The molecule has 0 amide bonds. The fraction of sp³-hybridized carbons (Fsp3) is 0. The third-order valence-electron chi connectivity index (χ3n) is 10.9. The van der Waals surface area contributed by atoms with E-state index in [1.54, 1.807) is 0 Å². The van der Waals surface area contributed by atoms with Crippen LogP contribution >= 0.6 is 0 Å². The number of benzene rings is 9. The molecule has 0 unspecified atom stereocenters. The van der Waals surface area contributed by atoms with E-state index in [0.717, 1.165) is 88.8 Å². The van der Waals surface area contributed by atoms with Crippen molar-refractivity contribution in [3.63, 3.8) is 0 Å². The second-order valence-electron chi connectivity index (χ2n) is 14.1. The highest BCUT2D eigenvalue weighted by Crippen LogP contribution is 2.46. The van der Waals surface area contributed by atoms with Crippen LogP contribution in [-0.4, -0.2) is 0 Å². The van der Waals surface area contributed by atoms with Crippen molar-refractivity contribution >= 4 is 71.7 Å². The Hall–Kier alpha value is -7.36. The number of hydrogen-bond acceptors (Lipinski definition) is 3. The first-order valence-corrected chi connectivity index (χ1v) is 18.7. The van der Waals surface area contributed by atoms with Crippen LogP contribution in [0.1, 0.15) is 0 Å². The van der Waals surface area contributed by atoms with E-state index in [-0.39, 0.29) is 0 Å². The lowest BCUT2D eigenvalue weighted by Gasteiger charge is -2.28. The van der Waals surface area contributed by atoms with Crippen LogP contribution in [0.4, 0.5) is 17.1 Å². The van der Waals surface area contributed by atoms with Crippen LogP contribution in [0.25, 0.3) is 88.0 Å². The van der Waals surface area contributed by atoms with E-state index in [0.29, 0.717) is 0 Å². The van der Waals surface area contributed by atoms with Crippen molar-refractivity contribution in [3.8, 4) is 33.4 Å². The van der Waals surface area contributed by atoms with Crippen molar-refractivity contribution in [1.82, 2.24) is 0 Å². The molecule has 3 nitrogen and oxygen atoms in total. The summed E-state index contributed by atoms with van der Waals surface area (Å²) in [5.41, 5.74) is 13.5. The molecule has 0 fully saturated rings. The fourth-order valence-electron chi connectivity index (χ4n) is 8.28. The fourth-order valence-corrected chi connectivity index (χ4v) is 8.28. The van der Waals surface area contributed by atoms with Gasteiger partial charge in [-0.15, -0.1) is 0 Å². The molecule has 2 heterocycles. The maximum absolute atomic E-state index is 6.44. The number of anilines is 3. The van der Waals surface area contributed by atoms with Crippen molar-refractivity contribution in [3.05, 3.63) is 200 Å². The minimum atomic E-state index is 0.877. The van der Waals surface area contributed by atoms with Gasteiger partial charge in [-0.2, -0.15) is 0 Å². The molecule has 0 aliphatic carbocycles. The summed E-state index contributed by atoms with van der Waals surface area (Å²) in [7, 11) is 0. The molecule has 2 aromatic heterocycles. The van der Waals surface area contributed by atoms with Gasteiger partial charge in [-0.1, -0.05) is 146 Å². The molecule has 3 heteroatoms. The van der Waals surface area contributed by atoms with E-state index in [2.05, 4.69) is 181 Å². The number of furan rings is 2. The van der Waals surface area contributed by atoms with Gasteiger partial charge in [0.25, 0.3) is 0 Å². The van der Waals surface area contributed by atoms with Crippen LogP contribution in [0.5, 0.6) is 0 Å². The smallest absolute Gasteiger partial charge is 0.143 e. The molecular formula is C52H33NO2. The molecule has 0 aliphatic heterocycles. The van der Waals surface area contributed by atoms with Crippen LogP contribution in [0.2, 0.25) is 0 Å². The lowest BCUT2D eigenvalue weighted by atomic mass is 9.96. The van der Waals surface area contributed by atoms with E-state index < -0.39 is 0 Å². The minimum Gasteiger partial charge on any atom is -0.456 e. The maximum atomic E-state index is 6.44. The molecule has 0 bridgehead atoms. The Kier molecular flexibility index (Phi) is 7.17. The van der Waals surface area contributed by atoms with Crippen molar-refractivity contribution in [1.29, 1.82) is 0 Å². The topological polar surface area (TPSA) is 29.5 Å². The highest BCUT2D eigenvalue weighted by atomic mass is 16.3. The lowest BCUT2D eigenvalue weighted by Crippen LogP contribution is -2.11. The third-order valence-corrected chi connectivity index (χ3v) is 10.9. The Morgan fingerprint density at radius 1 is 0.327 bits per heavy atom. The molecular weight excluding hydrogens is 671 g/mol. The van der Waals surface area contributed by atoms with Gasteiger partial charge in [0.1, 0.15) is 22.3 Å². The zero-order valence-corrected chi connectivity index (χ0v) is 29.8. The molecule has 258 valence electrons. The largest absolute Gasteiger partial charge is 0.456 e.